The Labute approximate surface area is 133 Å². The predicted octanol–water partition coefficient (Wildman–Crippen LogP) is 3.95. The Balaban J connectivity index is 2.06. The molecule has 0 aromatic heterocycles. The van der Waals surface area contributed by atoms with Gasteiger partial charge < -0.3 is 10.1 Å². The lowest BCUT2D eigenvalue weighted by Gasteiger charge is -2.10. The van der Waals surface area contributed by atoms with Crippen LogP contribution in [0.25, 0.3) is 0 Å². The van der Waals surface area contributed by atoms with Crippen molar-refractivity contribution < 1.29 is 9.53 Å². The molecule has 0 unspecified atom stereocenters. The molecule has 4 heteroatoms. The molecule has 0 aliphatic rings. The fourth-order valence-electron chi connectivity index (χ4n) is 2.16. The maximum Gasteiger partial charge on any atom is 0.251 e. The fraction of sp³-hybridized carbons (Fsp3) is 0.235. The van der Waals surface area contributed by atoms with Gasteiger partial charge in [-0.05, 0) is 51.7 Å². The van der Waals surface area contributed by atoms with E-state index in [9.17, 15) is 4.79 Å². The van der Waals surface area contributed by atoms with Crippen LogP contribution in [-0.2, 0) is 13.0 Å². The van der Waals surface area contributed by atoms with Crippen molar-refractivity contribution in [2.24, 2.45) is 0 Å². The Kier molecular flexibility index (Phi) is 5.39. The van der Waals surface area contributed by atoms with Crippen molar-refractivity contribution in [2.45, 2.75) is 19.9 Å². The van der Waals surface area contributed by atoms with E-state index in [-0.39, 0.29) is 5.91 Å². The lowest BCUT2D eigenvalue weighted by molar-refractivity contribution is 0.0950. The molecule has 1 N–H and O–H groups in total. The second kappa shape index (κ2) is 7.27. The van der Waals surface area contributed by atoms with Crippen LogP contribution < -0.4 is 10.1 Å². The first kappa shape index (κ1) is 15.6. The first-order chi connectivity index (χ1) is 10.2. The Morgan fingerprint density at radius 1 is 1.19 bits per heavy atom. The molecule has 3 nitrogen and oxygen atoms in total. The highest BCUT2D eigenvalue weighted by Crippen LogP contribution is 2.25. The van der Waals surface area contributed by atoms with E-state index < -0.39 is 0 Å². The minimum absolute atomic E-state index is 0.0933. The van der Waals surface area contributed by atoms with Crippen LogP contribution in [0.4, 0.5) is 0 Å². The van der Waals surface area contributed by atoms with E-state index in [1.807, 2.05) is 18.2 Å². The summed E-state index contributed by atoms with van der Waals surface area (Å²) in [5.41, 5.74) is 3.02. The molecular weight excluding hydrogens is 330 g/mol. The molecular formula is C17H18BrNO2. The highest BCUT2D eigenvalue weighted by atomic mass is 79.9. The van der Waals surface area contributed by atoms with Crippen molar-refractivity contribution in [3.8, 4) is 5.75 Å². The highest BCUT2D eigenvalue weighted by Gasteiger charge is 2.09. The molecule has 2 aromatic carbocycles. The number of carbonyl (C=O) groups is 1. The highest BCUT2D eigenvalue weighted by molar-refractivity contribution is 9.10. The van der Waals surface area contributed by atoms with E-state index in [0.717, 1.165) is 16.5 Å². The molecule has 0 fully saturated rings. The number of carbonyl (C=O) groups excluding carboxylic acids is 1. The molecule has 2 rings (SSSR count). The van der Waals surface area contributed by atoms with Gasteiger partial charge in [0, 0.05) is 12.1 Å². The summed E-state index contributed by atoms with van der Waals surface area (Å²) in [4.78, 5) is 12.2. The molecule has 1 amide bonds. The molecule has 0 bridgehead atoms. The summed E-state index contributed by atoms with van der Waals surface area (Å²) < 4.78 is 5.93. The minimum atomic E-state index is -0.0933. The number of hydrogen-bond acceptors (Lipinski definition) is 2. The topological polar surface area (TPSA) is 38.3 Å². The smallest absolute Gasteiger partial charge is 0.251 e. The lowest BCUT2D eigenvalue weighted by atomic mass is 10.1. The number of nitrogens with one attached hydrogen (secondary N) is 1. The monoisotopic (exact) mass is 347 g/mol. The van der Waals surface area contributed by atoms with Crippen LogP contribution in [0.1, 0.15) is 28.4 Å². The number of halogens is 1. The van der Waals surface area contributed by atoms with Gasteiger partial charge in [0.05, 0.1) is 11.6 Å². The second-order valence-corrected chi connectivity index (χ2v) is 5.51. The second-order valence-electron chi connectivity index (χ2n) is 4.65. The van der Waals surface area contributed by atoms with Crippen LogP contribution in [0.2, 0.25) is 0 Å². The Morgan fingerprint density at radius 2 is 1.90 bits per heavy atom. The summed E-state index contributed by atoms with van der Waals surface area (Å²) in [6.45, 7) is 2.65. The van der Waals surface area contributed by atoms with E-state index >= 15 is 0 Å². The summed E-state index contributed by atoms with van der Waals surface area (Å²) in [6.07, 6.45) is 0.958. The molecule has 0 radical (unpaired) electrons. The first-order valence-corrected chi connectivity index (χ1v) is 7.63. The van der Waals surface area contributed by atoms with Crippen LogP contribution >= 0.6 is 15.9 Å². The van der Waals surface area contributed by atoms with E-state index in [4.69, 9.17) is 4.74 Å². The lowest BCUT2D eigenvalue weighted by Crippen LogP contribution is -2.23. The van der Waals surface area contributed by atoms with E-state index in [2.05, 4.69) is 34.2 Å². The van der Waals surface area contributed by atoms with Crippen LogP contribution in [0, 0.1) is 0 Å². The van der Waals surface area contributed by atoms with Crippen molar-refractivity contribution in [3.05, 3.63) is 63.6 Å². The summed E-state index contributed by atoms with van der Waals surface area (Å²) in [7, 11) is 1.60. The minimum Gasteiger partial charge on any atom is -0.496 e. The van der Waals surface area contributed by atoms with Gasteiger partial charge in [-0.15, -0.1) is 0 Å². The Hall–Kier alpha value is -1.81. The fourth-order valence-corrected chi connectivity index (χ4v) is 2.70. The molecule has 0 aliphatic heterocycles. The number of aryl methyl sites for hydroxylation is 1. The first-order valence-electron chi connectivity index (χ1n) is 6.84. The SMILES string of the molecule is CCc1ccccc1CNC(=O)c1ccc(OC)c(Br)c1. The molecule has 0 heterocycles. The number of amides is 1. The van der Waals surface area contributed by atoms with Crippen molar-refractivity contribution in [1.82, 2.24) is 5.32 Å². The summed E-state index contributed by atoms with van der Waals surface area (Å²) in [5, 5.41) is 2.95. The molecule has 2 aromatic rings. The van der Waals surface area contributed by atoms with Gasteiger partial charge in [-0.2, -0.15) is 0 Å². The van der Waals surface area contributed by atoms with Gasteiger partial charge in [0.15, 0.2) is 0 Å². The van der Waals surface area contributed by atoms with Crippen LogP contribution in [0.3, 0.4) is 0 Å². The third-order valence-electron chi connectivity index (χ3n) is 3.35. The summed E-state index contributed by atoms with van der Waals surface area (Å²) in [5.74, 6) is 0.618. The van der Waals surface area contributed by atoms with E-state index in [1.165, 1.54) is 5.56 Å². The number of ether oxygens (including phenoxy) is 1. The van der Waals surface area contributed by atoms with Gasteiger partial charge >= 0.3 is 0 Å². The summed E-state index contributed by atoms with van der Waals surface area (Å²) >= 11 is 3.39. The molecule has 0 spiro atoms. The van der Waals surface area contributed by atoms with Crippen LogP contribution in [0.15, 0.2) is 46.9 Å². The van der Waals surface area contributed by atoms with Gasteiger partial charge in [0.25, 0.3) is 5.91 Å². The quantitative estimate of drug-likeness (QED) is 0.889. The zero-order chi connectivity index (χ0) is 15.2. The Bertz CT molecular complexity index is 640. The zero-order valence-corrected chi connectivity index (χ0v) is 13.7. The van der Waals surface area contributed by atoms with Gasteiger partial charge in [-0.3, -0.25) is 4.79 Å². The molecule has 0 saturated carbocycles. The number of methoxy groups -OCH3 is 1. The van der Waals surface area contributed by atoms with Crippen molar-refractivity contribution in [2.75, 3.05) is 7.11 Å². The van der Waals surface area contributed by atoms with Gasteiger partial charge in [0.1, 0.15) is 5.75 Å². The van der Waals surface area contributed by atoms with E-state index in [1.54, 1.807) is 25.3 Å². The van der Waals surface area contributed by atoms with Crippen LogP contribution in [0.5, 0.6) is 5.75 Å². The normalized spacial score (nSPS) is 10.2. The zero-order valence-electron chi connectivity index (χ0n) is 12.2. The van der Waals surface area contributed by atoms with Gasteiger partial charge in [0.2, 0.25) is 0 Å². The molecule has 21 heavy (non-hydrogen) atoms. The van der Waals surface area contributed by atoms with Crippen molar-refractivity contribution in [3.63, 3.8) is 0 Å². The largest absolute Gasteiger partial charge is 0.496 e. The summed E-state index contributed by atoms with van der Waals surface area (Å²) in [6, 6.07) is 13.4. The average molecular weight is 348 g/mol. The average Bonchev–Trinajstić information content (AvgIpc) is 2.52. The number of hydrogen-bond donors (Lipinski definition) is 1. The maximum atomic E-state index is 12.2. The third kappa shape index (κ3) is 3.85. The predicted molar refractivity (Wildman–Crippen MR) is 87.7 cm³/mol. The molecule has 0 atom stereocenters. The molecule has 0 saturated heterocycles. The Morgan fingerprint density at radius 3 is 2.52 bits per heavy atom. The number of benzene rings is 2. The van der Waals surface area contributed by atoms with Crippen LogP contribution in [-0.4, -0.2) is 13.0 Å². The van der Waals surface area contributed by atoms with Gasteiger partial charge in [-0.1, -0.05) is 31.2 Å². The molecule has 110 valence electrons. The maximum absolute atomic E-state index is 12.2. The van der Waals surface area contributed by atoms with E-state index in [0.29, 0.717) is 17.9 Å². The number of rotatable bonds is 5. The van der Waals surface area contributed by atoms with Crippen molar-refractivity contribution in [1.29, 1.82) is 0 Å². The standard InChI is InChI=1S/C17H18BrNO2/c1-3-12-6-4-5-7-14(12)11-19-17(20)13-8-9-16(21-2)15(18)10-13/h4-10H,3,11H2,1-2H3,(H,19,20). The van der Waals surface area contributed by atoms with Gasteiger partial charge in [-0.25, -0.2) is 0 Å². The third-order valence-corrected chi connectivity index (χ3v) is 3.97. The van der Waals surface area contributed by atoms with Crippen molar-refractivity contribution >= 4 is 21.8 Å². The molecule has 0 aliphatic carbocycles.